The van der Waals surface area contributed by atoms with Gasteiger partial charge in [0.15, 0.2) is 5.16 Å². The highest BCUT2D eigenvalue weighted by Crippen LogP contribution is 2.22. The third-order valence-electron chi connectivity index (χ3n) is 4.26. The molecule has 1 saturated carbocycles. The first-order chi connectivity index (χ1) is 11.6. The minimum atomic E-state index is -0.296. The largest absolute Gasteiger partial charge is 0.352 e. The molecule has 0 saturated heterocycles. The topological polar surface area (TPSA) is 79.8 Å². The second-order valence-electron chi connectivity index (χ2n) is 6.13. The lowest BCUT2D eigenvalue weighted by Gasteiger charge is -2.16. The number of rotatable bonds is 6. The quantitative estimate of drug-likeness (QED) is 0.786. The molecule has 1 aromatic heterocycles. The fourth-order valence-corrected chi connectivity index (χ4v) is 3.76. The van der Waals surface area contributed by atoms with Crippen molar-refractivity contribution in [2.75, 3.05) is 0 Å². The summed E-state index contributed by atoms with van der Waals surface area (Å²) in [7, 11) is 0. The van der Waals surface area contributed by atoms with Crippen LogP contribution >= 0.6 is 11.8 Å². The molecule has 1 aliphatic rings. The lowest BCUT2D eigenvalue weighted by molar-refractivity contribution is -0.120. The molecule has 0 spiro atoms. The van der Waals surface area contributed by atoms with Crippen molar-refractivity contribution in [2.45, 2.75) is 55.6 Å². The van der Waals surface area contributed by atoms with Crippen LogP contribution < -0.4 is 11.0 Å². The Morgan fingerprint density at radius 1 is 1.38 bits per heavy atom. The van der Waals surface area contributed by atoms with Gasteiger partial charge >= 0.3 is 5.69 Å². The van der Waals surface area contributed by atoms with Gasteiger partial charge in [-0.05, 0) is 25.3 Å². The summed E-state index contributed by atoms with van der Waals surface area (Å²) in [5, 5.41) is 9.89. The zero-order valence-electron chi connectivity index (χ0n) is 13.7. The van der Waals surface area contributed by atoms with Crippen LogP contribution in [0.25, 0.3) is 0 Å². The monoisotopic (exact) mass is 346 g/mol. The minimum Gasteiger partial charge on any atom is -0.352 e. The molecule has 1 unspecified atom stereocenters. The maximum atomic E-state index is 12.3. The molecule has 128 valence electrons. The van der Waals surface area contributed by atoms with E-state index in [1.807, 2.05) is 37.3 Å². The van der Waals surface area contributed by atoms with Crippen LogP contribution in [-0.4, -0.2) is 32.0 Å². The Labute approximate surface area is 145 Å². The maximum Gasteiger partial charge on any atom is 0.344 e. The van der Waals surface area contributed by atoms with Crippen LogP contribution in [0.4, 0.5) is 0 Å². The highest BCUT2D eigenvalue weighted by molar-refractivity contribution is 8.00. The molecule has 0 radical (unpaired) electrons. The molecule has 0 aliphatic heterocycles. The van der Waals surface area contributed by atoms with Crippen LogP contribution in [0, 0.1) is 0 Å². The smallest absolute Gasteiger partial charge is 0.344 e. The van der Waals surface area contributed by atoms with Crippen LogP contribution in [0.3, 0.4) is 0 Å². The second kappa shape index (κ2) is 7.70. The summed E-state index contributed by atoms with van der Waals surface area (Å²) in [5.74, 6) is 0.00797. The number of hydrogen-bond donors (Lipinski definition) is 2. The van der Waals surface area contributed by atoms with E-state index in [1.165, 1.54) is 24.6 Å². The number of aromatic amines is 1. The molecule has 1 aliphatic carbocycles. The second-order valence-corrected chi connectivity index (χ2v) is 7.44. The van der Waals surface area contributed by atoms with Crippen molar-refractivity contribution in [2.24, 2.45) is 0 Å². The van der Waals surface area contributed by atoms with Gasteiger partial charge < -0.3 is 5.32 Å². The Balaban J connectivity index is 1.66. The fourth-order valence-electron chi connectivity index (χ4n) is 2.90. The number of benzene rings is 1. The first-order valence-corrected chi connectivity index (χ1v) is 9.17. The number of thioether (sulfide) groups is 1. The summed E-state index contributed by atoms with van der Waals surface area (Å²) in [6, 6.07) is 10.0. The van der Waals surface area contributed by atoms with E-state index in [1.54, 1.807) is 4.57 Å². The standard InChI is InChI=1S/C17H22N4O2S/c1-12(15(22)18-14-9-5-6-10-14)24-17-20-19-16(23)21(17)11-13-7-3-2-4-8-13/h2-4,7-8,12,14H,5-6,9-11H2,1H3,(H,18,22)(H,19,23). The van der Waals surface area contributed by atoms with E-state index in [0.717, 1.165) is 18.4 Å². The number of hydrogen-bond acceptors (Lipinski definition) is 4. The van der Waals surface area contributed by atoms with Gasteiger partial charge in [0.05, 0.1) is 11.8 Å². The lowest BCUT2D eigenvalue weighted by atomic mass is 10.2. The molecule has 6 nitrogen and oxygen atoms in total. The molecular weight excluding hydrogens is 324 g/mol. The zero-order chi connectivity index (χ0) is 16.9. The molecule has 1 atom stereocenters. The third kappa shape index (κ3) is 4.08. The van der Waals surface area contributed by atoms with Gasteiger partial charge in [0.2, 0.25) is 5.91 Å². The van der Waals surface area contributed by atoms with Crippen molar-refractivity contribution in [3.05, 3.63) is 46.4 Å². The molecule has 1 heterocycles. The van der Waals surface area contributed by atoms with Gasteiger partial charge in [0.1, 0.15) is 0 Å². The molecule has 24 heavy (non-hydrogen) atoms. The SMILES string of the molecule is CC(Sc1n[nH]c(=O)n1Cc1ccccc1)C(=O)NC1CCCC1. The minimum absolute atomic E-state index is 0.00797. The average molecular weight is 346 g/mol. The molecule has 7 heteroatoms. The van der Waals surface area contributed by atoms with E-state index in [2.05, 4.69) is 15.5 Å². The molecule has 2 aromatic rings. The number of aromatic nitrogens is 3. The molecule has 1 aromatic carbocycles. The first-order valence-electron chi connectivity index (χ1n) is 8.29. The van der Waals surface area contributed by atoms with E-state index >= 15 is 0 Å². The fraction of sp³-hybridized carbons (Fsp3) is 0.471. The molecule has 2 N–H and O–H groups in total. The van der Waals surface area contributed by atoms with Gasteiger partial charge in [-0.15, -0.1) is 5.10 Å². The summed E-state index contributed by atoms with van der Waals surface area (Å²) in [5.41, 5.74) is 0.760. The Bertz CT molecular complexity index is 735. The predicted molar refractivity (Wildman–Crippen MR) is 94.1 cm³/mol. The summed E-state index contributed by atoms with van der Waals surface area (Å²) in [4.78, 5) is 24.3. The van der Waals surface area contributed by atoms with Gasteiger partial charge in [-0.3, -0.25) is 9.36 Å². The predicted octanol–water partition coefficient (Wildman–Crippen LogP) is 2.16. The van der Waals surface area contributed by atoms with Gasteiger partial charge in [0.25, 0.3) is 0 Å². The molecule has 1 amide bonds. The van der Waals surface area contributed by atoms with E-state index < -0.39 is 0 Å². The van der Waals surface area contributed by atoms with Gasteiger partial charge in [0, 0.05) is 6.04 Å². The van der Waals surface area contributed by atoms with Crippen molar-refractivity contribution in [1.29, 1.82) is 0 Å². The van der Waals surface area contributed by atoms with Crippen LogP contribution in [-0.2, 0) is 11.3 Å². The van der Waals surface area contributed by atoms with E-state index in [-0.39, 0.29) is 16.8 Å². The Morgan fingerprint density at radius 2 is 2.08 bits per heavy atom. The van der Waals surface area contributed by atoms with E-state index in [4.69, 9.17) is 0 Å². The summed E-state index contributed by atoms with van der Waals surface area (Å²) < 4.78 is 1.57. The highest BCUT2D eigenvalue weighted by atomic mass is 32.2. The highest BCUT2D eigenvalue weighted by Gasteiger charge is 2.23. The molecular formula is C17H22N4O2S. The average Bonchev–Trinajstić information content (AvgIpc) is 3.21. The zero-order valence-corrected chi connectivity index (χ0v) is 14.5. The summed E-state index contributed by atoms with van der Waals surface area (Å²) in [6.07, 6.45) is 4.49. The Morgan fingerprint density at radius 3 is 2.79 bits per heavy atom. The molecule has 1 fully saturated rings. The van der Waals surface area contributed by atoms with Gasteiger partial charge in [-0.1, -0.05) is 54.9 Å². The van der Waals surface area contributed by atoms with Gasteiger partial charge in [-0.2, -0.15) is 0 Å². The van der Waals surface area contributed by atoms with Gasteiger partial charge in [-0.25, -0.2) is 9.89 Å². The maximum absolute atomic E-state index is 12.3. The summed E-state index contributed by atoms with van der Waals surface area (Å²) in [6.45, 7) is 2.29. The van der Waals surface area contributed by atoms with E-state index in [0.29, 0.717) is 17.7 Å². The third-order valence-corrected chi connectivity index (χ3v) is 5.35. The van der Waals surface area contributed by atoms with Crippen molar-refractivity contribution < 1.29 is 4.79 Å². The van der Waals surface area contributed by atoms with Crippen molar-refractivity contribution in [3.8, 4) is 0 Å². The van der Waals surface area contributed by atoms with Crippen LogP contribution in [0.5, 0.6) is 0 Å². The number of H-pyrrole nitrogens is 1. The Hall–Kier alpha value is -2.02. The van der Waals surface area contributed by atoms with Crippen molar-refractivity contribution in [3.63, 3.8) is 0 Å². The van der Waals surface area contributed by atoms with Crippen LogP contribution in [0.2, 0.25) is 0 Å². The number of carbonyl (C=O) groups is 1. The van der Waals surface area contributed by atoms with Crippen LogP contribution in [0.15, 0.2) is 40.3 Å². The number of nitrogens with one attached hydrogen (secondary N) is 2. The Kier molecular flexibility index (Phi) is 5.40. The number of amides is 1. The van der Waals surface area contributed by atoms with Crippen molar-refractivity contribution >= 4 is 17.7 Å². The number of nitrogens with zero attached hydrogens (tertiary/aromatic N) is 2. The first kappa shape index (κ1) is 16.8. The number of carbonyl (C=O) groups excluding carboxylic acids is 1. The normalized spacial score (nSPS) is 16.2. The molecule has 3 rings (SSSR count). The van der Waals surface area contributed by atoms with Crippen LogP contribution in [0.1, 0.15) is 38.2 Å². The van der Waals surface area contributed by atoms with E-state index in [9.17, 15) is 9.59 Å². The molecule has 0 bridgehead atoms. The summed E-state index contributed by atoms with van der Waals surface area (Å²) >= 11 is 1.31. The lowest BCUT2D eigenvalue weighted by Crippen LogP contribution is -2.37. The van der Waals surface area contributed by atoms with Crippen molar-refractivity contribution in [1.82, 2.24) is 20.1 Å².